The first kappa shape index (κ1) is 15.0. The quantitative estimate of drug-likeness (QED) is 0.880. The van der Waals surface area contributed by atoms with Crippen molar-refractivity contribution in [1.29, 1.82) is 0 Å². The lowest BCUT2D eigenvalue weighted by molar-refractivity contribution is 0.334. The molecule has 0 aromatic carbocycles. The number of fused-ring (bicyclic) bond motifs is 1. The number of nitrogens with one attached hydrogen (secondary N) is 1. The number of hydrogen-bond acceptors (Lipinski definition) is 4. The third-order valence-corrected chi connectivity index (χ3v) is 4.64. The molecule has 1 aliphatic rings. The molecule has 1 fully saturated rings. The average molecular weight is 305 g/mol. The summed E-state index contributed by atoms with van der Waals surface area (Å²) in [5.41, 5.74) is 0.521. The molecule has 0 radical (unpaired) electrons. The van der Waals surface area contributed by atoms with Crippen LogP contribution in [0, 0.1) is 12.8 Å². The largest absolute Gasteiger partial charge is 0.332 e. The van der Waals surface area contributed by atoms with Gasteiger partial charge in [0.05, 0.1) is 0 Å². The lowest BCUT2D eigenvalue weighted by Crippen LogP contribution is -2.39. The van der Waals surface area contributed by atoms with Gasteiger partial charge in [0.1, 0.15) is 5.82 Å². The number of piperidine rings is 1. The van der Waals surface area contributed by atoms with Crippen molar-refractivity contribution in [2.24, 2.45) is 13.0 Å². The second-order valence-corrected chi connectivity index (χ2v) is 6.03. The van der Waals surface area contributed by atoms with Crippen molar-refractivity contribution in [1.82, 2.24) is 24.0 Å². The Morgan fingerprint density at radius 1 is 1.23 bits per heavy atom. The predicted octanol–water partition coefficient (Wildman–Crippen LogP) is 0.225. The maximum Gasteiger partial charge on any atom is 0.332 e. The van der Waals surface area contributed by atoms with E-state index < -0.39 is 0 Å². The van der Waals surface area contributed by atoms with Crippen LogP contribution in [0.4, 0.5) is 0 Å². The van der Waals surface area contributed by atoms with Gasteiger partial charge in [-0.1, -0.05) is 0 Å². The van der Waals surface area contributed by atoms with E-state index in [1.54, 1.807) is 7.05 Å². The summed E-state index contributed by atoms with van der Waals surface area (Å²) >= 11 is 0. The summed E-state index contributed by atoms with van der Waals surface area (Å²) in [4.78, 5) is 29.4. The smallest absolute Gasteiger partial charge is 0.322 e. The van der Waals surface area contributed by atoms with E-state index in [2.05, 4.69) is 10.3 Å². The van der Waals surface area contributed by atoms with Crippen LogP contribution in [-0.2, 0) is 20.1 Å². The highest BCUT2D eigenvalue weighted by Crippen LogP contribution is 2.18. The third-order valence-electron chi connectivity index (χ3n) is 4.64. The molecule has 120 valence electrons. The zero-order valence-corrected chi connectivity index (χ0v) is 13.4. The van der Waals surface area contributed by atoms with Crippen molar-refractivity contribution < 1.29 is 0 Å². The summed E-state index contributed by atoms with van der Waals surface area (Å²) in [6.45, 7) is 6.93. The molecule has 22 heavy (non-hydrogen) atoms. The van der Waals surface area contributed by atoms with Crippen LogP contribution in [0.2, 0.25) is 0 Å². The van der Waals surface area contributed by atoms with E-state index in [1.165, 1.54) is 9.13 Å². The van der Waals surface area contributed by atoms with E-state index in [0.717, 1.165) is 38.3 Å². The molecular weight excluding hydrogens is 282 g/mol. The van der Waals surface area contributed by atoms with Crippen molar-refractivity contribution in [2.45, 2.75) is 39.8 Å². The van der Waals surface area contributed by atoms with Gasteiger partial charge in [0.15, 0.2) is 11.2 Å². The van der Waals surface area contributed by atoms with Crippen LogP contribution in [0.15, 0.2) is 9.59 Å². The summed E-state index contributed by atoms with van der Waals surface area (Å²) in [5, 5.41) is 3.36. The van der Waals surface area contributed by atoms with Crippen molar-refractivity contribution >= 4 is 11.2 Å². The van der Waals surface area contributed by atoms with E-state index in [1.807, 2.05) is 18.4 Å². The van der Waals surface area contributed by atoms with Gasteiger partial charge in [-0.15, -0.1) is 0 Å². The highest BCUT2D eigenvalue weighted by Gasteiger charge is 2.21. The molecule has 3 rings (SSSR count). The average Bonchev–Trinajstić information content (AvgIpc) is 2.84. The molecule has 3 heterocycles. The van der Waals surface area contributed by atoms with Gasteiger partial charge in [0.2, 0.25) is 0 Å². The molecule has 2 aromatic rings. The van der Waals surface area contributed by atoms with Crippen molar-refractivity contribution in [2.75, 3.05) is 13.1 Å². The summed E-state index contributed by atoms with van der Waals surface area (Å²) in [6, 6.07) is 0. The number of nitrogens with zero attached hydrogens (tertiary/aromatic N) is 4. The van der Waals surface area contributed by atoms with Crippen LogP contribution in [0.5, 0.6) is 0 Å². The summed E-state index contributed by atoms with van der Waals surface area (Å²) < 4.78 is 4.76. The van der Waals surface area contributed by atoms with E-state index >= 15 is 0 Å². The monoisotopic (exact) mass is 305 g/mol. The van der Waals surface area contributed by atoms with Gasteiger partial charge in [-0.3, -0.25) is 13.9 Å². The van der Waals surface area contributed by atoms with Gasteiger partial charge >= 0.3 is 5.69 Å². The molecule has 1 aliphatic heterocycles. The lowest BCUT2D eigenvalue weighted by Gasteiger charge is -2.23. The molecule has 2 aromatic heterocycles. The van der Waals surface area contributed by atoms with Crippen molar-refractivity contribution in [3.8, 4) is 0 Å². The molecule has 0 aliphatic carbocycles. The highest BCUT2D eigenvalue weighted by molar-refractivity contribution is 5.71. The standard InChI is InChI=1S/C15H23N5O2/c1-4-19-14(21)12-13(18(3)15(19)22)17-10(2)20(12)9-11-5-7-16-8-6-11/h11,16H,4-9H2,1-3H3. The number of imidazole rings is 1. The SMILES string of the molecule is CCn1c(=O)c2c(nc(C)n2CC2CCNCC2)n(C)c1=O. The number of rotatable bonds is 3. The van der Waals surface area contributed by atoms with Gasteiger partial charge in [0, 0.05) is 20.1 Å². The Morgan fingerprint density at radius 3 is 2.55 bits per heavy atom. The number of aryl methyl sites for hydroxylation is 2. The van der Waals surface area contributed by atoms with Crippen LogP contribution in [0.25, 0.3) is 11.2 Å². The van der Waals surface area contributed by atoms with Gasteiger partial charge in [-0.2, -0.15) is 0 Å². The van der Waals surface area contributed by atoms with Crippen LogP contribution < -0.4 is 16.6 Å². The van der Waals surface area contributed by atoms with Crippen molar-refractivity contribution in [3.63, 3.8) is 0 Å². The summed E-state index contributed by atoms with van der Waals surface area (Å²) in [6.07, 6.45) is 2.21. The van der Waals surface area contributed by atoms with E-state index in [4.69, 9.17) is 0 Å². The molecule has 0 amide bonds. The van der Waals surface area contributed by atoms with E-state index in [-0.39, 0.29) is 11.2 Å². The maximum absolute atomic E-state index is 12.7. The zero-order valence-electron chi connectivity index (χ0n) is 13.4. The van der Waals surface area contributed by atoms with Gasteiger partial charge in [0.25, 0.3) is 5.56 Å². The van der Waals surface area contributed by atoms with E-state index in [0.29, 0.717) is 23.6 Å². The fourth-order valence-electron chi connectivity index (χ4n) is 3.31. The normalized spacial score (nSPS) is 16.5. The minimum atomic E-state index is -0.300. The topological polar surface area (TPSA) is 73.8 Å². The van der Waals surface area contributed by atoms with E-state index in [9.17, 15) is 9.59 Å². The Morgan fingerprint density at radius 2 is 1.91 bits per heavy atom. The van der Waals surface area contributed by atoms with Gasteiger partial charge < -0.3 is 9.88 Å². The first-order chi connectivity index (χ1) is 10.5. The molecule has 1 saturated heterocycles. The Labute approximate surface area is 128 Å². The van der Waals surface area contributed by atoms with Crippen LogP contribution in [-0.4, -0.2) is 31.8 Å². The van der Waals surface area contributed by atoms with Crippen LogP contribution in [0.3, 0.4) is 0 Å². The molecule has 0 saturated carbocycles. The van der Waals surface area contributed by atoms with Crippen LogP contribution >= 0.6 is 0 Å². The second kappa shape index (κ2) is 5.72. The zero-order chi connectivity index (χ0) is 15.9. The minimum Gasteiger partial charge on any atom is -0.322 e. The van der Waals surface area contributed by atoms with Gasteiger partial charge in [-0.05, 0) is 45.7 Å². The lowest BCUT2D eigenvalue weighted by atomic mass is 9.98. The summed E-state index contributed by atoms with van der Waals surface area (Å²) in [7, 11) is 1.68. The Bertz CT molecular complexity index is 808. The molecule has 1 N–H and O–H groups in total. The molecular formula is C15H23N5O2. The molecule has 7 heteroatoms. The number of aromatic nitrogens is 4. The van der Waals surface area contributed by atoms with Crippen molar-refractivity contribution in [3.05, 3.63) is 26.7 Å². The minimum absolute atomic E-state index is 0.227. The van der Waals surface area contributed by atoms with Crippen LogP contribution in [0.1, 0.15) is 25.6 Å². The Kier molecular flexibility index (Phi) is 3.90. The molecule has 0 spiro atoms. The second-order valence-electron chi connectivity index (χ2n) is 6.03. The first-order valence-corrected chi connectivity index (χ1v) is 7.92. The number of hydrogen-bond donors (Lipinski definition) is 1. The Hall–Kier alpha value is -1.89. The summed E-state index contributed by atoms with van der Waals surface area (Å²) in [5.74, 6) is 1.35. The predicted molar refractivity (Wildman–Crippen MR) is 85.2 cm³/mol. The Balaban J connectivity index is 2.18. The molecule has 0 bridgehead atoms. The maximum atomic E-state index is 12.7. The highest BCUT2D eigenvalue weighted by atomic mass is 16.2. The fourth-order valence-corrected chi connectivity index (χ4v) is 3.31. The first-order valence-electron chi connectivity index (χ1n) is 7.92. The molecule has 0 unspecified atom stereocenters. The fraction of sp³-hybridized carbons (Fsp3) is 0.667. The molecule has 0 atom stereocenters. The van der Waals surface area contributed by atoms with Gasteiger partial charge in [-0.25, -0.2) is 9.78 Å². The third kappa shape index (κ3) is 2.29. The molecule has 7 nitrogen and oxygen atoms in total.